The summed E-state index contributed by atoms with van der Waals surface area (Å²) in [6.07, 6.45) is 0.139. The van der Waals surface area contributed by atoms with Crippen molar-refractivity contribution in [1.82, 2.24) is 4.72 Å². The van der Waals surface area contributed by atoms with E-state index in [2.05, 4.69) is 4.72 Å². The zero-order valence-electron chi connectivity index (χ0n) is 11.1. The van der Waals surface area contributed by atoms with Crippen LogP contribution >= 0.6 is 0 Å². The van der Waals surface area contributed by atoms with Gasteiger partial charge >= 0.3 is 0 Å². The molecule has 0 spiro atoms. The van der Waals surface area contributed by atoms with E-state index in [-0.39, 0.29) is 10.8 Å². The molecule has 1 aromatic carbocycles. The van der Waals surface area contributed by atoms with Gasteiger partial charge in [-0.3, -0.25) is 0 Å². The summed E-state index contributed by atoms with van der Waals surface area (Å²) in [4.78, 5) is 0.257. The first-order chi connectivity index (χ1) is 8.36. The molecular formula is C13H21NO3S. The predicted octanol–water partition coefficient (Wildman–Crippen LogP) is 1.54. The molecular weight excluding hydrogens is 250 g/mol. The molecule has 18 heavy (non-hydrogen) atoms. The van der Waals surface area contributed by atoms with E-state index in [0.29, 0.717) is 13.0 Å². The monoisotopic (exact) mass is 271 g/mol. The molecule has 1 unspecified atom stereocenters. The Balaban J connectivity index is 2.81. The Morgan fingerprint density at radius 3 is 2.22 bits per heavy atom. The molecule has 1 atom stereocenters. The molecule has 0 aliphatic heterocycles. The van der Waals surface area contributed by atoms with Crippen molar-refractivity contribution in [2.24, 2.45) is 5.92 Å². The summed E-state index contributed by atoms with van der Waals surface area (Å²) >= 11 is 0. The van der Waals surface area contributed by atoms with Gasteiger partial charge in [-0.2, -0.15) is 0 Å². The molecule has 2 N–H and O–H groups in total. The number of rotatable bonds is 6. The van der Waals surface area contributed by atoms with Crippen LogP contribution in [0.5, 0.6) is 0 Å². The van der Waals surface area contributed by atoms with Crippen LogP contribution in [0.1, 0.15) is 26.3 Å². The lowest BCUT2D eigenvalue weighted by atomic mass is 9.99. The highest BCUT2D eigenvalue weighted by molar-refractivity contribution is 7.89. The minimum atomic E-state index is -3.38. The van der Waals surface area contributed by atoms with Gasteiger partial charge in [-0.25, -0.2) is 13.1 Å². The summed E-state index contributed by atoms with van der Waals surface area (Å²) < 4.78 is 25.9. The van der Waals surface area contributed by atoms with E-state index in [0.717, 1.165) is 5.56 Å². The molecule has 0 fully saturated rings. The zero-order chi connectivity index (χ0) is 13.8. The van der Waals surface area contributed by atoms with Crippen molar-refractivity contribution < 1.29 is 13.5 Å². The third-order valence-corrected chi connectivity index (χ3v) is 4.34. The number of hydrogen-bond donors (Lipinski definition) is 2. The maximum absolute atomic E-state index is 11.7. The molecule has 0 amide bonds. The third kappa shape index (κ3) is 4.08. The highest BCUT2D eigenvalue weighted by atomic mass is 32.2. The van der Waals surface area contributed by atoms with E-state index in [1.807, 2.05) is 13.8 Å². The van der Waals surface area contributed by atoms with Crippen molar-refractivity contribution >= 4 is 10.0 Å². The van der Waals surface area contributed by atoms with Crippen LogP contribution in [0.25, 0.3) is 0 Å². The van der Waals surface area contributed by atoms with Crippen molar-refractivity contribution in [2.45, 2.75) is 38.2 Å². The Hall–Kier alpha value is -0.910. The van der Waals surface area contributed by atoms with Crippen molar-refractivity contribution in [2.75, 3.05) is 6.54 Å². The van der Waals surface area contributed by atoms with E-state index in [1.165, 1.54) is 0 Å². The van der Waals surface area contributed by atoms with Gasteiger partial charge in [-0.15, -0.1) is 0 Å². The standard InChI is InChI=1S/C13H21NO3S/c1-4-14-18(16,17)12-7-5-11(6-8-12)9-13(15)10(2)3/h5-8,10,13-15H,4,9H2,1-3H3. The number of sulfonamides is 1. The Bertz CT molecular complexity index is 466. The van der Waals surface area contributed by atoms with Gasteiger partial charge < -0.3 is 5.11 Å². The van der Waals surface area contributed by atoms with E-state index in [4.69, 9.17) is 0 Å². The van der Waals surface area contributed by atoms with Crippen LogP contribution in [-0.4, -0.2) is 26.2 Å². The first-order valence-corrected chi connectivity index (χ1v) is 7.61. The van der Waals surface area contributed by atoms with Crippen LogP contribution in [-0.2, 0) is 16.4 Å². The molecule has 4 nitrogen and oxygen atoms in total. The Morgan fingerprint density at radius 1 is 1.22 bits per heavy atom. The van der Waals surface area contributed by atoms with Gasteiger partial charge in [0.1, 0.15) is 0 Å². The minimum Gasteiger partial charge on any atom is -0.393 e. The van der Waals surface area contributed by atoms with Gasteiger partial charge in [-0.05, 0) is 30.0 Å². The molecule has 0 saturated heterocycles. The van der Waals surface area contributed by atoms with Crippen molar-refractivity contribution in [3.8, 4) is 0 Å². The first-order valence-electron chi connectivity index (χ1n) is 6.13. The maximum Gasteiger partial charge on any atom is 0.240 e. The fourth-order valence-electron chi connectivity index (χ4n) is 1.56. The molecule has 1 rings (SSSR count). The van der Waals surface area contributed by atoms with Crippen LogP contribution in [0, 0.1) is 5.92 Å². The highest BCUT2D eigenvalue weighted by Gasteiger charge is 2.13. The Labute approximate surface area is 109 Å². The van der Waals surface area contributed by atoms with Gasteiger partial charge in [0.05, 0.1) is 11.0 Å². The molecule has 0 aliphatic carbocycles. The number of aliphatic hydroxyl groups excluding tert-OH is 1. The average molecular weight is 271 g/mol. The molecule has 5 heteroatoms. The molecule has 0 aromatic heterocycles. The second-order valence-electron chi connectivity index (χ2n) is 4.66. The zero-order valence-corrected chi connectivity index (χ0v) is 11.9. The molecule has 102 valence electrons. The normalized spacial score (nSPS) is 13.8. The van der Waals surface area contributed by atoms with E-state index in [1.54, 1.807) is 31.2 Å². The number of nitrogens with one attached hydrogen (secondary N) is 1. The van der Waals surface area contributed by atoms with E-state index in [9.17, 15) is 13.5 Å². The molecule has 0 saturated carbocycles. The lowest BCUT2D eigenvalue weighted by Crippen LogP contribution is -2.23. The molecule has 0 aliphatic rings. The second-order valence-corrected chi connectivity index (χ2v) is 6.43. The molecule has 0 heterocycles. The average Bonchev–Trinajstić information content (AvgIpc) is 2.29. The summed E-state index contributed by atoms with van der Waals surface area (Å²) in [5.41, 5.74) is 0.937. The highest BCUT2D eigenvalue weighted by Crippen LogP contribution is 2.14. The Morgan fingerprint density at radius 2 is 1.78 bits per heavy atom. The van der Waals surface area contributed by atoms with Crippen molar-refractivity contribution in [3.05, 3.63) is 29.8 Å². The van der Waals surface area contributed by atoms with Gasteiger partial charge in [0.2, 0.25) is 10.0 Å². The smallest absolute Gasteiger partial charge is 0.240 e. The Kier molecular flexibility index (Phi) is 5.31. The summed E-state index contributed by atoms with van der Waals surface area (Å²) in [7, 11) is -3.38. The summed E-state index contributed by atoms with van der Waals surface area (Å²) in [6, 6.07) is 6.63. The number of aliphatic hydroxyl groups is 1. The van der Waals surface area contributed by atoms with Crippen molar-refractivity contribution in [1.29, 1.82) is 0 Å². The SMILES string of the molecule is CCNS(=O)(=O)c1ccc(CC(O)C(C)C)cc1. The third-order valence-electron chi connectivity index (χ3n) is 2.78. The largest absolute Gasteiger partial charge is 0.393 e. The van der Waals surface area contributed by atoms with Crippen LogP contribution in [0.2, 0.25) is 0 Å². The molecule has 0 radical (unpaired) electrons. The van der Waals surface area contributed by atoms with Crippen LogP contribution in [0.3, 0.4) is 0 Å². The van der Waals surface area contributed by atoms with Gasteiger partial charge in [0.25, 0.3) is 0 Å². The lowest BCUT2D eigenvalue weighted by molar-refractivity contribution is 0.125. The summed E-state index contributed by atoms with van der Waals surface area (Å²) in [5, 5.41) is 9.76. The quantitative estimate of drug-likeness (QED) is 0.825. The maximum atomic E-state index is 11.7. The lowest BCUT2D eigenvalue weighted by Gasteiger charge is -2.14. The van der Waals surface area contributed by atoms with Gasteiger partial charge in [0.15, 0.2) is 0 Å². The van der Waals surface area contributed by atoms with Crippen LogP contribution in [0.4, 0.5) is 0 Å². The van der Waals surface area contributed by atoms with E-state index >= 15 is 0 Å². The minimum absolute atomic E-state index is 0.190. The fourth-order valence-corrected chi connectivity index (χ4v) is 2.60. The summed E-state index contributed by atoms with van der Waals surface area (Å²) in [5.74, 6) is 0.190. The fraction of sp³-hybridized carbons (Fsp3) is 0.538. The van der Waals surface area contributed by atoms with Gasteiger partial charge in [0, 0.05) is 6.54 Å². The van der Waals surface area contributed by atoms with Crippen LogP contribution in [0.15, 0.2) is 29.2 Å². The van der Waals surface area contributed by atoms with Gasteiger partial charge in [-0.1, -0.05) is 32.9 Å². The number of hydrogen-bond acceptors (Lipinski definition) is 3. The van der Waals surface area contributed by atoms with Crippen molar-refractivity contribution in [3.63, 3.8) is 0 Å². The topological polar surface area (TPSA) is 66.4 Å². The summed E-state index contributed by atoms with van der Waals surface area (Å²) in [6.45, 7) is 6.02. The molecule has 0 bridgehead atoms. The van der Waals surface area contributed by atoms with Crippen LogP contribution < -0.4 is 4.72 Å². The number of benzene rings is 1. The second kappa shape index (κ2) is 6.31. The first kappa shape index (κ1) is 15.1. The predicted molar refractivity (Wildman–Crippen MR) is 71.9 cm³/mol. The molecule has 1 aromatic rings. The van der Waals surface area contributed by atoms with E-state index < -0.39 is 16.1 Å².